The Hall–Kier alpha value is -1.22. The standard InChI is InChI=1S/C12H17ClN2O/c1-3-6-14-12(16)8-15-11-5-4-9(2)7-10(11)13/h4-5,7,15H,3,6,8H2,1-2H3,(H,14,16). The molecule has 3 nitrogen and oxygen atoms in total. The Kier molecular flexibility index (Phi) is 5.12. The van der Waals surface area contributed by atoms with Gasteiger partial charge in [-0.05, 0) is 31.0 Å². The smallest absolute Gasteiger partial charge is 0.239 e. The summed E-state index contributed by atoms with van der Waals surface area (Å²) in [5.41, 5.74) is 1.89. The van der Waals surface area contributed by atoms with Crippen molar-refractivity contribution in [2.75, 3.05) is 18.4 Å². The van der Waals surface area contributed by atoms with Gasteiger partial charge in [-0.2, -0.15) is 0 Å². The highest BCUT2D eigenvalue weighted by Crippen LogP contribution is 2.22. The second-order valence-corrected chi connectivity index (χ2v) is 4.09. The SMILES string of the molecule is CCCNC(=O)CNc1ccc(C)cc1Cl. The van der Waals surface area contributed by atoms with E-state index in [1.807, 2.05) is 32.0 Å². The minimum Gasteiger partial charge on any atom is -0.375 e. The van der Waals surface area contributed by atoms with Crippen molar-refractivity contribution >= 4 is 23.2 Å². The molecular weight excluding hydrogens is 224 g/mol. The number of carbonyl (C=O) groups excluding carboxylic acids is 1. The van der Waals surface area contributed by atoms with E-state index in [4.69, 9.17) is 11.6 Å². The molecule has 4 heteroatoms. The molecule has 0 fully saturated rings. The van der Waals surface area contributed by atoms with Gasteiger partial charge in [0.1, 0.15) is 0 Å². The summed E-state index contributed by atoms with van der Waals surface area (Å²) < 4.78 is 0. The van der Waals surface area contributed by atoms with E-state index in [1.54, 1.807) is 0 Å². The molecule has 2 N–H and O–H groups in total. The highest BCUT2D eigenvalue weighted by molar-refractivity contribution is 6.33. The molecule has 1 rings (SSSR count). The van der Waals surface area contributed by atoms with Crippen molar-refractivity contribution in [2.45, 2.75) is 20.3 Å². The summed E-state index contributed by atoms with van der Waals surface area (Å²) >= 11 is 6.02. The number of hydrogen-bond acceptors (Lipinski definition) is 2. The molecule has 0 aliphatic heterocycles. The molecule has 0 heterocycles. The maximum atomic E-state index is 11.3. The highest BCUT2D eigenvalue weighted by Gasteiger charge is 2.03. The molecule has 0 radical (unpaired) electrons. The fraction of sp³-hybridized carbons (Fsp3) is 0.417. The largest absolute Gasteiger partial charge is 0.375 e. The summed E-state index contributed by atoms with van der Waals surface area (Å²) in [6.45, 7) is 4.96. The Balaban J connectivity index is 2.45. The second kappa shape index (κ2) is 6.38. The third-order valence-corrected chi connectivity index (χ3v) is 2.45. The summed E-state index contributed by atoms with van der Waals surface area (Å²) in [6.07, 6.45) is 0.941. The highest BCUT2D eigenvalue weighted by atomic mass is 35.5. The average molecular weight is 241 g/mol. The summed E-state index contributed by atoms with van der Waals surface area (Å²) in [6, 6.07) is 5.71. The van der Waals surface area contributed by atoms with E-state index >= 15 is 0 Å². The average Bonchev–Trinajstić information content (AvgIpc) is 2.25. The van der Waals surface area contributed by atoms with Crippen LogP contribution in [-0.4, -0.2) is 19.0 Å². The van der Waals surface area contributed by atoms with Crippen molar-refractivity contribution in [1.82, 2.24) is 5.32 Å². The molecule has 0 bridgehead atoms. The normalized spacial score (nSPS) is 9.94. The van der Waals surface area contributed by atoms with Crippen LogP contribution in [0.3, 0.4) is 0 Å². The molecule has 1 amide bonds. The number of carbonyl (C=O) groups is 1. The lowest BCUT2D eigenvalue weighted by Crippen LogP contribution is -2.30. The summed E-state index contributed by atoms with van der Waals surface area (Å²) in [7, 11) is 0. The molecule has 1 aromatic carbocycles. The minimum absolute atomic E-state index is 0.0153. The molecular formula is C12H17ClN2O. The predicted molar refractivity (Wildman–Crippen MR) is 68.0 cm³/mol. The number of hydrogen-bond donors (Lipinski definition) is 2. The van der Waals surface area contributed by atoms with Gasteiger partial charge in [-0.3, -0.25) is 4.79 Å². The Morgan fingerprint density at radius 2 is 2.19 bits per heavy atom. The van der Waals surface area contributed by atoms with Gasteiger partial charge in [0, 0.05) is 6.54 Å². The number of nitrogens with one attached hydrogen (secondary N) is 2. The van der Waals surface area contributed by atoms with Crippen LogP contribution in [0.15, 0.2) is 18.2 Å². The fourth-order valence-electron chi connectivity index (χ4n) is 1.27. The first kappa shape index (κ1) is 12.8. The van der Waals surface area contributed by atoms with Gasteiger partial charge in [0.05, 0.1) is 17.3 Å². The lowest BCUT2D eigenvalue weighted by molar-refractivity contribution is -0.119. The number of halogens is 1. The van der Waals surface area contributed by atoms with Crippen LogP contribution in [-0.2, 0) is 4.79 Å². The third-order valence-electron chi connectivity index (χ3n) is 2.14. The number of anilines is 1. The molecule has 1 aromatic rings. The van der Waals surface area contributed by atoms with Crippen molar-refractivity contribution in [3.63, 3.8) is 0 Å². The zero-order valence-electron chi connectivity index (χ0n) is 9.64. The van der Waals surface area contributed by atoms with Crippen molar-refractivity contribution in [1.29, 1.82) is 0 Å². The van der Waals surface area contributed by atoms with E-state index in [0.29, 0.717) is 11.6 Å². The van der Waals surface area contributed by atoms with Gasteiger partial charge in [-0.1, -0.05) is 24.6 Å². The fourth-order valence-corrected chi connectivity index (χ4v) is 1.57. The van der Waals surface area contributed by atoms with Crippen molar-refractivity contribution in [2.24, 2.45) is 0 Å². The van der Waals surface area contributed by atoms with Crippen LogP contribution in [0.1, 0.15) is 18.9 Å². The molecule has 0 aliphatic rings. The Labute approximate surface area is 101 Å². The molecule has 0 spiro atoms. The van der Waals surface area contributed by atoms with E-state index in [2.05, 4.69) is 10.6 Å². The van der Waals surface area contributed by atoms with Crippen LogP contribution in [0.2, 0.25) is 5.02 Å². The quantitative estimate of drug-likeness (QED) is 0.831. The lowest BCUT2D eigenvalue weighted by atomic mass is 10.2. The van der Waals surface area contributed by atoms with Gasteiger partial charge in [-0.25, -0.2) is 0 Å². The Morgan fingerprint density at radius 1 is 1.44 bits per heavy atom. The maximum Gasteiger partial charge on any atom is 0.239 e. The van der Waals surface area contributed by atoms with Gasteiger partial charge >= 0.3 is 0 Å². The molecule has 0 saturated carbocycles. The monoisotopic (exact) mass is 240 g/mol. The van der Waals surface area contributed by atoms with Crippen molar-refractivity contribution < 1.29 is 4.79 Å². The van der Waals surface area contributed by atoms with Crippen LogP contribution in [0.4, 0.5) is 5.69 Å². The summed E-state index contributed by atoms with van der Waals surface area (Å²) in [5.74, 6) is -0.0153. The van der Waals surface area contributed by atoms with Gasteiger partial charge in [0.2, 0.25) is 5.91 Å². The summed E-state index contributed by atoms with van der Waals surface area (Å²) in [5, 5.41) is 6.44. The molecule has 0 atom stereocenters. The zero-order chi connectivity index (χ0) is 12.0. The van der Waals surface area contributed by atoms with Crippen molar-refractivity contribution in [3.05, 3.63) is 28.8 Å². The first-order valence-electron chi connectivity index (χ1n) is 5.40. The Bertz CT molecular complexity index is 366. The predicted octanol–water partition coefficient (Wildman–Crippen LogP) is 2.59. The van der Waals surface area contributed by atoms with Gasteiger partial charge in [-0.15, -0.1) is 0 Å². The molecule has 16 heavy (non-hydrogen) atoms. The third kappa shape index (κ3) is 4.11. The first-order valence-corrected chi connectivity index (χ1v) is 5.78. The zero-order valence-corrected chi connectivity index (χ0v) is 10.4. The maximum absolute atomic E-state index is 11.3. The topological polar surface area (TPSA) is 41.1 Å². The molecule has 0 unspecified atom stereocenters. The van der Waals surface area contributed by atoms with Crippen LogP contribution in [0.5, 0.6) is 0 Å². The van der Waals surface area contributed by atoms with E-state index in [0.717, 1.165) is 17.7 Å². The molecule has 0 aromatic heterocycles. The van der Waals surface area contributed by atoms with E-state index in [-0.39, 0.29) is 12.5 Å². The van der Waals surface area contributed by atoms with Crippen LogP contribution < -0.4 is 10.6 Å². The van der Waals surface area contributed by atoms with Crippen LogP contribution >= 0.6 is 11.6 Å². The van der Waals surface area contributed by atoms with E-state index < -0.39 is 0 Å². The number of benzene rings is 1. The number of amides is 1. The van der Waals surface area contributed by atoms with Crippen LogP contribution in [0, 0.1) is 6.92 Å². The lowest BCUT2D eigenvalue weighted by Gasteiger charge is -2.09. The second-order valence-electron chi connectivity index (χ2n) is 3.69. The van der Waals surface area contributed by atoms with Gasteiger partial charge < -0.3 is 10.6 Å². The molecule has 0 saturated heterocycles. The van der Waals surface area contributed by atoms with Gasteiger partial charge in [0.15, 0.2) is 0 Å². The Morgan fingerprint density at radius 3 is 2.81 bits per heavy atom. The molecule has 0 aliphatic carbocycles. The van der Waals surface area contributed by atoms with E-state index in [9.17, 15) is 4.79 Å². The first-order chi connectivity index (χ1) is 7.63. The number of aryl methyl sites for hydroxylation is 1. The van der Waals surface area contributed by atoms with Crippen LogP contribution in [0.25, 0.3) is 0 Å². The minimum atomic E-state index is -0.0153. The summed E-state index contributed by atoms with van der Waals surface area (Å²) in [4.78, 5) is 11.3. The molecule has 88 valence electrons. The van der Waals surface area contributed by atoms with Crippen molar-refractivity contribution in [3.8, 4) is 0 Å². The number of rotatable bonds is 5. The van der Waals surface area contributed by atoms with Gasteiger partial charge in [0.25, 0.3) is 0 Å². The van der Waals surface area contributed by atoms with E-state index in [1.165, 1.54) is 0 Å².